The molecule has 5 rings (SSSR count). The van der Waals surface area contributed by atoms with Gasteiger partial charge in [0.1, 0.15) is 0 Å². The van der Waals surface area contributed by atoms with Gasteiger partial charge in [0, 0.05) is 18.2 Å². The first-order valence-corrected chi connectivity index (χ1v) is 10.8. The average molecular weight is 441 g/mol. The molecule has 1 aliphatic rings. The van der Waals surface area contributed by atoms with Crippen LogP contribution in [0, 0.1) is 0 Å². The monoisotopic (exact) mass is 441 g/mol. The number of anilines is 1. The van der Waals surface area contributed by atoms with E-state index in [4.69, 9.17) is 0 Å². The molecule has 1 aromatic heterocycles. The van der Waals surface area contributed by atoms with Crippen molar-refractivity contribution in [3.05, 3.63) is 106 Å². The van der Waals surface area contributed by atoms with E-state index in [1.165, 1.54) is 4.90 Å². The van der Waals surface area contributed by atoms with Crippen LogP contribution in [0.4, 0.5) is 5.69 Å². The molecule has 32 heavy (non-hydrogen) atoms. The van der Waals surface area contributed by atoms with Gasteiger partial charge in [-0.2, -0.15) is 5.10 Å². The summed E-state index contributed by atoms with van der Waals surface area (Å²) < 4.78 is 0. The van der Waals surface area contributed by atoms with Gasteiger partial charge in [0.15, 0.2) is 0 Å². The van der Waals surface area contributed by atoms with E-state index in [1.54, 1.807) is 12.1 Å². The fraction of sp³-hybridized carbons (Fsp3) is 0.120. The van der Waals surface area contributed by atoms with E-state index in [-0.39, 0.29) is 23.8 Å². The SMILES string of the molecule is O=C1CC(P)(c2ccccc2)C(=O)N1c1cccc(Cc2n[nH]c(=O)c3ccccc23)c1. The highest BCUT2D eigenvalue weighted by Gasteiger charge is 2.50. The molecule has 0 spiro atoms. The minimum Gasteiger partial charge on any atom is -0.274 e. The van der Waals surface area contributed by atoms with E-state index in [0.717, 1.165) is 22.2 Å². The van der Waals surface area contributed by atoms with Crippen LogP contribution in [-0.2, 0) is 21.2 Å². The van der Waals surface area contributed by atoms with Crippen LogP contribution in [0.25, 0.3) is 10.8 Å². The minimum absolute atomic E-state index is 0.0941. The smallest absolute Gasteiger partial charge is 0.272 e. The number of carbonyl (C=O) groups is 2. The Morgan fingerprint density at radius 3 is 2.41 bits per heavy atom. The van der Waals surface area contributed by atoms with Crippen molar-refractivity contribution in [3.8, 4) is 0 Å². The van der Waals surface area contributed by atoms with Crippen LogP contribution in [0.15, 0.2) is 83.7 Å². The third-order valence-electron chi connectivity index (χ3n) is 5.87. The molecule has 1 N–H and O–H groups in total. The van der Waals surface area contributed by atoms with Crippen LogP contribution >= 0.6 is 9.24 Å². The Labute approximate surface area is 186 Å². The van der Waals surface area contributed by atoms with Gasteiger partial charge in [0.25, 0.3) is 5.56 Å². The van der Waals surface area contributed by atoms with Crippen LogP contribution in [0.2, 0.25) is 0 Å². The fourth-order valence-electron chi connectivity index (χ4n) is 4.23. The summed E-state index contributed by atoms with van der Waals surface area (Å²) in [6.07, 6.45) is 0.545. The van der Waals surface area contributed by atoms with E-state index in [2.05, 4.69) is 19.4 Å². The number of aromatic amines is 1. The molecule has 158 valence electrons. The standard InChI is InChI=1S/C25H20N3O3P/c29-22-15-25(32,17-8-2-1-3-9-17)24(31)28(22)18-10-6-7-16(13-18)14-21-19-11-4-5-12-20(19)23(30)27-26-21/h1-13H,14-15,32H2,(H,27,30). The molecule has 1 saturated heterocycles. The van der Waals surface area contributed by atoms with Crippen molar-refractivity contribution in [2.45, 2.75) is 18.0 Å². The lowest BCUT2D eigenvalue weighted by Gasteiger charge is -2.22. The maximum Gasteiger partial charge on any atom is 0.272 e. The van der Waals surface area contributed by atoms with Crippen molar-refractivity contribution in [2.24, 2.45) is 0 Å². The van der Waals surface area contributed by atoms with Gasteiger partial charge in [-0.05, 0) is 29.3 Å². The van der Waals surface area contributed by atoms with Crippen molar-refractivity contribution >= 4 is 37.5 Å². The molecule has 4 aromatic rings. The third-order valence-corrected chi connectivity index (χ3v) is 6.65. The highest BCUT2D eigenvalue weighted by atomic mass is 31.0. The maximum atomic E-state index is 13.4. The summed E-state index contributed by atoms with van der Waals surface area (Å²) in [5.41, 5.74) is 2.70. The van der Waals surface area contributed by atoms with Crippen molar-refractivity contribution in [2.75, 3.05) is 4.90 Å². The van der Waals surface area contributed by atoms with E-state index < -0.39 is 5.16 Å². The molecule has 2 unspecified atom stereocenters. The van der Waals surface area contributed by atoms with Gasteiger partial charge < -0.3 is 0 Å². The fourth-order valence-corrected chi connectivity index (χ4v) is 4.73. The second-order valence-corrected chi connectivity index (χ2v) is 8.93. The lowest BCUT2D eigenvalue weighted by atomic mass is 9.96. The number of hydrogen-bond acceptors (Lipinski definition) is 4. The molecule has 2 atom stereocenters. The first-order valence-electron chi connectivity index (χ1n) is 10.2. The van der Waals surface area contributed by atoms with Gasteiger partial charge in [-0.3, -0.25) is 14.4 Å². The Balaban J connectivity index is 1.49. The van der Waals surface area contributed by atoms with Gasteiger partial charge in [-0.25, -0.2) is 10.00 Å². The number of fused-ring (bicyclic) bond motifs is 1. The Hall–Kier alpha value is -3.63. The summed E-state index contributed by atoms with van der Waals surface area (Å²) in [7, 11) is 2.59. The number of H-pyrrole nitrogens is 1. The second kappa shape index (κ2) is 7.81. The highest BCUT2D eigenvalue weighted by Crippen LogP contribution is 2.44. The summed E-state index contributed by atoms with van der Waals surface area (Å²) >= 11 is 0. The quantitative estimate of drug-likeness (QED) is 0.388. The third kappa shape index (κ3) is 3.33. The molecule has 1 aliphatic heterocycles. The number of imide groups is 1. The minimum atomic E-state index is -0.967. The van der Waals surface area contributed by atoms with Gasteiger partial charge in [-0.15, -0.1) is 9.24 Å². The summed E-state index contributed by atoms with van der Waals surface area (Å²) in [5.74, 6) is -0.498. The number of aromatic nitrogens is 2. The predicted octanol–water partition coefficient (Wildman–Crippen LogP) is 3.55. The zero-order valence-electron chi connectivity index (χ0n) is 17.1. The largest absolute Gasteiger partial charge is 0.274 e. The van der Waals surface area contributed by atoms with Crippen LogP contribution in [0.5, 0.6) is 0 Å². The summed E-state index contributed by atoms with van der Waals surface area (Å²) in [4.78, 5) is 39.6. The first-order chi connectivity index (χ1) is 15.5. The molecule has 2 amide bonds. The number of amides is 2. The van der Waals surface area contributed by atoms with Crippen LogP contribution in [0.3, 0.4) is 0 Å². The predicted molar refractivity (Wildman–Crippen MR) is 127 cm³/mol. The van der Waals surface area contributed by atoms with Crippen molar-refractivity contribution < 1.29 is 9.59 Å². The summed E-state index contributed by atoms with van der Waals surface area (Å²) in [6, 6.07) is 24.0. The molecule has 2 heterocycles. The van der Waals surface area contributed by atoms with Crippen LogP contribution in [-0.4, -0.2) is 22.0 Å². The zero-order valence-corrected chi connectivity index (χ0v) is 18.3. The number of carbonyl (C=O) groups excluding carboxylic acids is 2. The molecule has 0 saturated carbocycles. The van der Waals surface area contributed by atoms with E-state index in [9.17, 15) is 14.4 Å². The molecule has 0 bridgehead atoms. The van der Waals surface area contributed by atoms with Crippen LogP contribution < -0.4 is 10.5 Å². The number of nitrogens with zero attached hydrogens (tertiary/aromatic N) is 2. The molecular weight excluding hydrogens is 421 g/mol. The molecule has 0 radical (unpaired) electrons. The molecule has 0 aliphatic carbocycles. The second-order valence-electron chi connectivity index (χ2n) is 7.94. The molecule has 3 aromatic carbocycles. The van der Waals surface area contributed by atoms with Crippen LogP contribution in [0.1, 0.15) is 23.2 Å². The summed E-state index contributed by atoms with van der Waals surface area (Å²) in [6.45, 7) is 0. The molecule has 1 fully saturated rings. The van der Waals surface area contributed by atoms with Gasteiger partial charge >= 0.3 is 0 Å². The number of rotatable bonds is 4. The Kier molecular flexibility index (Phi) is 4.95. The first kappa shape index (κ1) is 20.3. The maximum absolute atomic E-state index is 13.4. The van der Waals surface area contributed by atoms with E-state index in [0.29, 0.717) is 17.5 Å². The van der Waals surface area contributed by atoms with E-state index >= 15 is 0 Å². The summed E-state index contributed by atoms with van der Waals surface area (Å²) in [5, 5.41) is 7.17. The topological polar surface area (TPSA) is 83.1 Å². The molecular formula is C25H20N3O3P. The Morgan fingerprint density at radius 2 is 1.62 bits per heavy atom. The lowest BCUT2D eigenvalue weighted by molar-refractivity contribution is -0.121. The molecule has 7 heteroatoms. The lowest BCUT2D eigenvalue weighted by Crippen LogP contribution is -2.35. The number of hydrogen-bond donors (Lipinski definition) is 1. The Morgan fingerprint density at radius 1 is 0.906 bits per heavy atom. The normalized spacial score (nSPS) is 18.5. The highest BCUT2D eigenvalue weighted by molar-refractivity contribution is 7.21. The van der Waals surface area contributed by atoms with Crippen molar-refractivity contribution in [1.29, 1.82) is 0 Å². The average Bonchev–Trinajstić information content (AvgIpc) is 3.05. The number of nitrogens with one attached hydrogen (secondary N) is 1. The Bertz CT molecular complexity index is 1420. The van der Waals surface area contributed by atoms with Gasteiger partial charge in [0.05, 0.1) is 21.9 Å². The molecule has 6 nitrogen and oxygen atoms in total. The van der Waals surface area contributed by atoms with Gasteiger partial charge in [-0.1, -0.05) is 60.7 Å². The van der Waals surface area contributed by atoms with Gasteiger partial charge in [0.2, 0.25) is 11.8 Å². The van der Waals surface area contributed by atoms with Crippen molar-refractivity contribution in [3.63, 3.8) is 0 Å². The number of benzene rings is 3. The van der Waals surface area contributed by atoms with Crippen molar-refractivity contribution in [1.82, 2.24) is 10.2 Å². The van der Waals surface area contributed by atoms with E-state index in [1.807, 2.05) is 66.7 Å². The zero-order chi connectivity index (χ0) is 22.3.